The summed E-state index contributed by atoms with van der Waals surface area (Å²) >= 11 is 4.54. The normalized spacial score (nSPS) is 9.93. The van der Waals surface area contributed by atoms with Gasteiger partial charge in [-0.3, -0.25) is 0 Å². The summed E-state index contributed by atoms with van der Waals surface area (Å²) in [4.78, 5) is 3.91. The smallest absolute Gasteiger partial charge is 0.0739 e. The lowest BCUT2D eigenvalue weighted by Crippen LogP contribution is -1.94. The first-order valence-corrected chi connectivity index (χ1v) is 5.19. The van der Waals surface area contributed by atoms with Crippen LogP contribution in [0.25, 0.3) is 0 Å². The van der Waals surface area contributed by atoms with E-state index in [0.717, 1.165) is 18.5 Å². The summed E-state index contributed by atoms with van der Waals surface area (Å²) in [7, 11) is 0. The van der Waals surface area contributed by atoms with E-state index in [1.807, 2.05) is 12.1 Å². The minimum atomic E-state index is 0.556. The minimum absolute atomic E-state index is 0.556. The molecule has 0 saturated carbocycles. The first-order chi connectivity index (χ1) is 6.81. The van der Waals surface area contributed by atoms with Crippen LogP contribution in [0.3, 0.4) is 0 Å². The average molecular weight is 204 g/mol. The molecule has 0 aliphatic heterocycles. The molecule has 73 valence electrons. The van der Waals surface area contributed by atoms with Gasteiger partial charge in [-0.25, -0.2) is 0 Å². The zero-order valence-electron chi connectivity index (χ0n) is 8.36. The fraction of sp³-hybridized carbons (Fsp3) is 0.333. The van der Waals surface area contributed by atoms with Gasteiger partial charge in [-0.15, -0.1) is 0 Å². The van der Waals surface area contributed by atoms with Crippen molar-refractivity contribution in [2.24, 2.45) is 4.99 Å². The molecule has 0 amide bonds. The molecular weight excluding hydrogens is 190 g/mol. The Hall–Kier alpha value is -0.980. The number of hydrogen-bond donors (Lipinski definition) is 0. The Morgan fingerprint density at radius 3 is 2.50 bits per heavy atom. The molecule has 0 bridgehead atoms. The summed E-state index contributed by atoms with van der Waals surface area (Å²) in [6.07, 6.45) is 2.06. The summed E-state index contributed by atoms with van der Waals surface area (Å²) in [6, 6.07) is 8.11. The van der Waals surface area contributed by atoms with Gasteiger partial charge in [-0.1, -0.05) is 26.0 Å². The van der Waals surface area contributed by atoms with Gasteiger partial charge in [0.1, 0.15) is 0 Å². The molecule has 1 atom stereocenters. The summed E-state index contributed by atoms with van der Waals surface area (Å²) in [5.41, 5.74) is 2.19. The van der Waals surface area contributed by atoms with E-state index in [2.05, 4.69) is 48.4 Å². The Labute approximate surface area is 90.9 Å². The van der Waals surface area contributed by atoms with Crippen molar-refractivity contribution in [3.05, 3.63) is 36.8 Å². The van der Waals surface area contributed by atoms with E-state index in [0.29, 0.717) is 5.92 Å². The Kier molecular flexibility index (Phi) is 4.51. The molecule has 1 unspecified atom stereocenters. The zero-order chi connectivity index (χ0) is 10.4. The van der Waals surface area contributed by atoms with Crippen molar-refractivity contribution in [2.75, 3.05) is 0 Å². The predicted molar refractivity (Wildman–Crippen MR) is 64.1 cm³/mol. The van der Waals surface area contributed by atoms with Gasteiger partial charge in [0.05, 0.1) is 10.8 Å². The van der Waals surface area contributed by atoms with Crippen molar-refractivity contribution in [2.45, 2.75) is 25.7 Å². The van der Waals surface area contributed by atoms with Crippen LogP contribution in [0.5, 0.6) is 0 Å². The Bertz CT molecular complexity index is 319. The van der Waals surface area contributed by atoms with Crippen LogP contribution in [0.1, 0.15) is 31.2 Å². The molecule has 2 heteroatoms. The molecule has 0 N–H and O–H groups in total. The number of hydrogen-bond acceptors (Lipinski definition) is 2. The highest BCUT2D eigenvalue weighted by atomic mass is 32.1. The SMILES string of the molecule is [CH2]CC(CC)c1ccc(N=C=S)cc1. The van der Waals surface area contributed by atoms with Crippen LogP contribution in [0.2, 0.25) is 0 Å². The van der Waals surface area contributed by atoms with E-state index >= 15 is 0 Å². The van der Waals surface area contributed by atoms with E-state index in [9.17, 15) is 0 Å². The van der Waals surface area contributed by atoms with E-state index in [1.165, 1.54) is 5.56 Å². The topological polar surface area (TPSA) is 12.4 Å². The van der Waals surface area contributed by atoms with E-state index in [4.69, 9.17) is 0 Å². The Morgan fingerprint density at radius 2 is 2.07 bits per heavy atom. The number of isothiocyanates is 1. The second-order valence-electron chi connectivity index (χ2n) is 3.19. The van der Waals surface area contributed by atoms with Gasteiger partial charge in [0.2, 0.25) is 0 Å². The first kappa shape index (κ1) is 11.1. The van der Waals surface area contributed by atoms with Crippen molar-refractivity contribution in [1.82, 2.24) is 0 Å². The average Bonchev–Trinajstić information content (AvgIpc) is 2.23. The molecule has 1 aromatic rings. The highest BCUT2D eigenvalue weighted by molar-refractivity contribution is 7.78. The molecule has 0 spiro atoms. The van der Waals surface area contributed by atoms with Crippen LogP contribution in [-0.4, -0.2) is 5.16 Å². The largest absolute Gasteiger partial charge is 0.195 e. The first-order valence-electron chi connectivity index (χ1n) is 4.78. The molecule has 0 heterocycles. The maximum Gasteiger partial charge on any atom is 0.0739 e. The predicted octanol–water partition coefficient (Wildman–Crippen LogP) is 4.14. The monoisotopic (exact) mass is 204 g/mol. The van der Waals surface area contributed by atoms with Gasteiger partial charge < -0.3 is 0 Å². The van der Waals surface area contributed by atoms with Gasteiger partial charge in [-0.2, -0.15) is 4.99 Å². The second kappa shape index (κ2) is 5.69. The second-order valence-corrected chi connectivity index (χ2v) is 3.37. The molecule has 1 radical (unpaired) electrons. The number of benzene rings is 1. The third-order valence-corrected chi connectivity index (χ3v) is 2.47. The fourth-order valence-corrected chi connectivity index (χ4v) is 1.59. The van der Waals surface area contributed by atoms with Gasteiger partial charge >= 0.3 is 0 Å². The van der Waals surface area contributed by atoms with Crippen LogP contribution in [0.15, 0.2) is 29.3 Å². The van der Waals surface area contributed by atoms with Gasteiger partial charge in [-0.05, 0) is 48.7 Å². The van der Waals surface area contributed by atoms with E-state index in [1.54, 1.807) is 0 Å². The highest BCUT2D eigenvalue weighted by Gasteiger charge is 2.05. The molecule has 14 heavy (non-hydrogen) atoms. The lowest BCUT2D eigenvalue weighted by molar-refractivity contribution is 0.673. The molecular formula is C12H14NS. The molecule has 0 aliphatic carbocycles. The van der Waals surface area contributed by atoms with Gasteiger partial charge in [0, 0.05) is 0 Å². The maximum absolute atomic E-state index is 4.54. The van der Waals surface area contributed by atoms with E-state index in [-0.39, 0.29) is 0 Å². The quantitative estimate of drug-likeness (QED) is 0.530. The van der Waals surface area contributed by atoms with Crippen LogP contribution in [-0.2, 0) is 0 Å². The molecule has 0 fully saturated rings. The molecule has 0 aromatic heterocycles. The van der Waals surface area contributed by atoms with Crippen molar-refractivity contribution in [3.63, 3.8) is 0 Å². The summed E-state index contributed by atoms with van der Waals surface area (Å²) in [5.74, 6) is 0.556. The minimum Gasteiger partial charge on any atom is -0.195 e. The molecule has 1 nitrogen and oxygen atoms in total. The number of rotatable bonds is 4. The third kappa shape index (κ3) is 2.76. The van der Waals surface area contributed by atoms with Gasteiger partial charge in [0.15, 0.2) is 0 Å². The zero-order valence-corrected chi connectivity index (χ0v) is 9.18. The molecule has 1 rings (SSSR count). The lowest BCUT2D eigenvalue weighted by Gasteiger charge is -2.12. The van der Waals surface area contributed by atoms with Crippen LogP contribution in [0, 0.1) is 6.92 Å². The summed E-state index contributed by atoms with van der Waals surface area (Å²) in [6.45, 7) is 6.12. The van der Waals surface area contributed by atoms with Crippen molar-refractivity contribution < 1.29 is 0 Å². The highest BCUT2D eigenvalue weighted by Crippen LogP contribution is 2.24. The van der Waals surface area contributed by atoms with Crippen molar-refractivity contribution in [1.29, 1.82) is 0 Å². The van der Waals surface area contributed by atoms with Crippen LogP contribution >= 0.6 is 12.2 Å². The van der Waals surface area contributed by atoms with Crippen LogP contribution < -0.4 is 0 Å². The van der Waals surface area contributed by atoms with E-state index < -0.39 is 0 Å². The fourth-order valence-electron chi connectivity index (χ4n) is 1.48. The maximum atomic E-state index is 4.54. The van der Waals surface area contributed by atoms with Crippen molar-refractivity contribution in [3.8, 4) is 0 Å². The number of aliphatic imine (C=N–C) groups is 1. The number of nitrogens with zero attached hydrogens (tertiary/aromatic N) is 1. The standard InChI is InChI=1S/C12H14NS/c1-3-10(4-2)11-5-7-12(8-6-11)13-9-14/h5-8,10H,1,3-4H2,2H3. The van der Waals surface area contributed by atoms with Crippen molar-refractivity contribution >= 4 is 23.1 Å². The molecule has 1 aromatic carbocycles. The van der Waals surface area contributed by atoms with Gasteiger partial charge in [0.25, 0.3) is 0 Å². The summed E-state index contributed by atoms with van der Waals surface area (Å²) in [5, 5.41) is 2.36. The Morgan fingerprint density at radius 1 is 1.43 bits per heavy atom. The van der Waals surface area contributed by atoms with Crippen LogP contribution in [0.4, 0.5) is 5.69 Å². The number of thiocarbonyl (C=S) groups is 1. The summed E-state index contributed by atoms with van der Waals surface area (Å²) < 4.78 is 0. The Balaban J connectivity index is 2.86. The molecule has 0 saturated heterocycles. The lowest BCUT2D eigenvalue weighted by atomic mass is 9.94. The molecule has 0 aliphatic rings. The third-order valence-electron chi connectivity index (χ3n) is 2.38.